The third-order valence-corrected chi connectivity index (χ3v) is 2.66. The quantitative estimate of drug-likeness (QED) is 0.743. The molecule has 82 valence electrons. The molecule has 1 unspecified atom stereocenters. The maximum Gasteiger partial charge on any atom is 0.169 e. The Morgan fingerprint density at radius 3 is 2.93 bits per heavy atom. The predicted octanol–water partition coefficient (Wildman–Crippen LogP) is 0.610. The summed E-state index contributed by atoms with van der Waals surface area (Å²) in [5, 5.41) is 7.83. The summed E-state index contributed by atoms with van der Waals surface area (Å²) < 4.78 is 5.40. The van der Waals surface area contributed by atoms with Crippen molar-refractivity contribution in [3.8, 4) is 0 Å². The number of rotatable bonds is 2. The molecule has 2 rings (SSSR count). The van der Waals surface area contributed by atoms with Crippen molar-refractivity contribution in [2.75, 3.05) is 24.7 Å². The number of hydrogen-bond donors (Lipinski definition) is 2. The Morgan fingerprint density at radius 1 is 1.40 bits per heavy atom. The number of anilines is 2. The molecule has 1 aromatic heterocycles. The Balaban J connectivity index is 2.00. The molecule has 1 saturated heterocycles. The summed E-state index contributed by atoms with van der Waals surface area (Å²) in [6, 6.07) is 1.80. The van der Waals surface area contributed by atoms with Crippen molar-refractivity contribution in [1.29, 1.82) is 0 Å². The first-order valence-electron chi connectivity index (χ1n) is 5.21. The van der Waals surface area contributed by atoms with Crippen LogP contribution in [-0.4, -0.2) is 23.4 Å². The van der Waals surface area contributed by atoms with Gasteiger partial charge in [0.05, 0.1) is 11.4 Å². The van der Waals surface area contributed by atoms with Gasteiger partial charge in [-0.05, 0) is 31.2 Å². The maximum atomic E-state index is 5.67. The van der Waals surface area contributed by atoms with E-state index < -0.39 is 0 Å². The van der Waals surface area contributed by atoms with E-state index in [-0.39, 0.29) is 0 Å². The van der Waals surface area contributed by atoms with Gasteiger partial charge in [-0.2, -0.15) is 5.10 Å². The zero-order chi connectivity index (χ0) is 10.7. The molecule has 15 heavy (non-hydrogen) atoms. The molecule has 4 N–H and O–H groups in total. The van der Waals surface area contributed by atoms with Crippen molar-refractivity contribution in [3.05, 3.63) is 11.8 Å². The molecule has 5 nitrogen and oxygen atoms in total. The van der Waals surface area contributed by atoms with Gasteiger partial charge in [-0.3, -0.25) is 0 Å². The highest BCUT2D eigenvalue weighted by Crippen LogP contribution is 2.19. The van der Waals surface area contributed by atoms with Crippen LogP contribution in [0.4, 0.5) is 11.5 Å². The molecule has 0 amide bonds. The average molecular weight is 208 g/mol. The fourth-order valence-corrected chi connectivity index (χ4v) is 1.82. The van der Waals surface area contributed by atoms with Crippen LogP contribution >= 0.6 is 0 Å². The van der Waals surface area contributed by atoms with Crippen LogP contribution in [0.3, 0.4) is 0 Å². The molecule has 0 spiro atoms. The van der Waals surface area contributed by atoms with E-state index >= 15 is 0 Å². The Bertz CT molecular complexity index is 336. The SMILES string of the molecule is Nc1cc(CC2CCCOC2)nnc1N. The second-order valence-corrected chi connectivity index (χ2v) is 3.96. The molecule has 1 aliphatic heterocycles. The Kier molecular flexibility index (Phi) is 3.01. The summed E-state index contributed by atoms with van der Waals surface area (Å²) in [7, 11) is 0. The lowest BCUT2D eigenvalue weighted by Crippen LogP contribution is -2.20. The van der Waals surface area contributed by atoms with Gasteiger partial charge in [0.2, 0.25) is 0 Å². The number of nitrogen functional groups attached to an aromatic ring is 2. The second kappa shape index (κ2) is 4.44. The average Bonchev–Trinajstić information content (AvgIpc) is 2.25. The number of aromatic nitrogens is 2. The highest BCUT2D eigenvalue weighted by molar-refractivity contribution is 5.57. The zero-order valence-electron chi connectivity index (χ0n) is 8.65. The highest BCUT2D eigenvalue weighted by atomic mass is 16.5. The minimum atomic E-state index is 0.304. The summed E-state index contributed by atoms with van der Waals surface area (Å²) in [6.45, 7) is 1.69. The van der Waals surface area contributed by atoms with E-state index in [2.05, 4.69) is 10.2 Å². The van der Waals surface area contributed by atoms with Crippen LogP contribution in [0.1, 0.15) is 18.5 Å². The van der Waals surface area contributed by atoms with E-state index in [9.17, 15) is 0 Å². The molecule has 1 aliphatic rings. The van der Waals surface area contributed by atoms with Gasteiger partial charge in [-0.25, -0.2) is 0 Å². The van der Waals surface area contributed by atoms with Crippen LogP contribution in [0.15, 0.2) is 6.07 Å². The van der Waals surface area contributed by atoms with Gasteiger partial charge in [0.15, 0.2) is 5.82 Å². The maximum absolute atomic E-state index is 5.67. The van der Waals surface area contributed by atoms with Gasteiger partial charge < -0.3 is 16.2 Å². The first-order chi connectivity index (χ1) is 7.25. The molecular formula is C10H16N4O. The van der Waals surface area contributed by atoms with Crippen molar-refractivity contribution >= 4 is 11.5 Å². The minimum Gasteiger partial charge on any atom is -0.396 e. The lowest BCUT2D eigenvalue weighted by molar-refractivity contribution is 0.0546. The normalized spacial score (nSPS) is 21.5. The predicted molar refractivity (Wildman–Crippen MR) is 58.1 cm³/mol. The van der Waals surface area contributed by atoms with Gasteiger partial charge in [-0.15, -0.1) is 5.10 Å². The Morgan fingerprint density at radius 2 is 2.27 bits per heavy atom. The van der Waals surface area contributed by atoms with Gasteiger partial charge >= 0.3 is 0 Å². The van der Waals surface area contributed by atoms with Crippen molar-refractivity contribution < 1.29 is 4.74 Å². The lowest BCUT2D eigenvalue weighted by Gasteiger charge is -2.21. The van der Waals surface area contributed by atoms with Crippen LogP contribution < -0.4 is 11.5 Å². The molecule has 1 atom stereocenters. The fourth-order valence-electron chi connectivity index (χ4n) is 1.82. The third kappa shape index (κ3) is 2.56. The zero-order valence-corrected chi connectivity index (χ0v) is 8.65. The highest BCUT2D eigenvalue weighted by Gasteiger charge is 2.15. The van der Waals surface area contributed by atoms with Gasteiger partial charge in [0.25, 0.3) is 0 Å². The van der Waals surface area contributed by atoms with Crippen molar-refractivity contribution in [3.63, 3.8) is 0 Å². The molecule has 2 heterocycles. The largest absolute Gasteiger partial charge is 0.396 e. The van der Waals surface area contributed by atoms with Gasteiger partial charge in [0.1, 0.15) is 0 Å². The standard InChI is InChI=1S/C10H16N4O/c11-9-5-8(13-14-10(9)12)4-7-2-1-3-15-6-7/h5,7H,1-4,6H2,(H2,11,13)(H2,12,14). The van der Waals surface area contributed by atoms with E-state index in [0.717, 1.165) is 31.7 Å². The van der Waals surface area contributed by atoms with Crippen molar-refractivity contribution in [2.45, 2.75) is 19.3 Å². The topological polar surface area (TPSA) is 87.0 Å². The number of hydrogen-bond acceptors (Lipinski definition) is 5. The summed E-state index contributed by atoms with van der Waals surface area (Å²) in [5.41, 5.74) is 12.6. The fraction of sp³-hybridized carbons (Fsp3) is 0.600. The van der Waals surface area contributed by atoms with Crippen LogP contribution in [0.5, 0.6) is 0 Å². The van der Waals surface area contributed by atoms with Gasteiger partial charge in [-0.1, -0.05) is 0 Å². The number of nitrogens with two attached hydrogens (primary N) is 2. The van der Waals surface area contributed by atoms with Crippen LogP contribution in [0.2, 0.25) is 0 Å². The minimum absolute atomic E-state index is 0.304. The summed E-state index contributed by atoms with van der Waals surface area (Å²) >= 11 is 0. The summed E-state index contributed by atoms with van der Waals surface area (Å²) in [4.78, 5) is 0. The Hall–Kier alpha value is -1.36. The van der Waals surface area contributed by atoms with E-state index in [1.165, 1.54) is 6.42 Å². The third-order valence-electron chi connectivity index (χ3n) is 2.66. The van der Waals surface area contributed by atoms with E-state index in [1.54, 1.807) is 6.07 Å². The van der Waals surface area contributed by atoms with Gasteiger partial charge in [0, 0.05) is 13.2 Å². The molecule has 0 aromatic carbocycles. The van der Waals surface area contributed by atoms with E-state index in [0.29, 0.717) is 17.4 Å². The number of nitrogens with zero attached hydrogens (tertiary/aromatic N) is 2. The van der Waals surface area contributed by atoms with Crippen LogP contribution in [0, 0.1) is 5.92 Å². The molecule has 5 heteroatoms. The first kappa shape index (κ1) is 10.2. The lowest BCUT2D eigenvalue weighted by atomic mass is 9.97. The molecule has 0 bridgehead atoms. The smallest absolute Gasteiger partial charge is 0.169 e. The monoisotopic (exact) mass is 208 g/mol. The van der Waals surface area contributed by atoms with E-state index in [1.807, 2.05) is 0 Å². The first-order valence-corrected chi connectivity index (χ1v) is 5.21. The van der Waals surface area contributed by atoms with Crippen LogP contribution in [-0.2, 0) is 11.2 Å². The molecule has 1 fully saturated rings. The summed E-state index contributed by atoms with van der Waals surface area (Å²) in [6.07, 6.45) is 3.19. The molecular weight excluding hydrogens is 192 g/mol. The summed E-state index contributed by atoms with van der Waals surface area (Å²) in [5.74, 6) is 0.842. The van der Waals surface area contributed by atoms with Crippen molar-refractivity contribution in [2.24, 2.45) is 5.92 Å². The van der Waals surface area contributed by atoms with E-state index in [4.69, 9.17) is 16.2 Å². The molecule has 0 radical (unpaired) electrons. The van der Waals surface area contributed by atoms with Crippen molar-refractivity contribution in [1.82, 2.24) is 10.2 Å². The van der Waals surface area contributed by atoms with Crippen LogP contribution in [0.25, 0.3) is 0 Å². The molecule has 0 saturated carbocycles. The molecule has 0 aliphatic carbocycles. The second-order valence-electron chi connectivity index (χ2n) is 3.96. The molecule has 1 aromatic rings. The Labute approximate surface area is 88.8 Å². The number of ether oxygens (including phenoxy) is 1.